The van der Waals surface area contributed by atoms with E-state index in [-0.39, 0.29) is 10.9 Å². The lowest BCUT2D eigenvalue weighted by atomic mass is 10.1. The van der Waals surface area contributed by atoms with Gasteiger partial charge in [-0.3, -0.25) is 4.79 Å². The van der Waals surface area contributed by atoms with Crippen LogP contribution in [0.25, 0.3) is 10.9 Å². The van der Waals surface area contributed by atoms with E-state index in [9.17, 15) is 18.0 Å². The van der Waals surface area contributed by atoms with E-state index in [1.54, 1.807) is 0 Å². The van der Waals surface area contributed by atoms with Gasteiger partial charge in [0.15, 0.2) is 0 Å². The maximum absolute atomic E-state index is 12.8. The molecule has 0 unspecified atom stereocenters. The van der Waals surface area contributed by atoms with Gasteiger partial charge in [-0.15, -0.1) is 0 Å². The topological polar surface area (TPSA) is 32.9 Å². The van der Waals surface area contributed by atoms with E-state index in [2.05, 4.69) is 4.98 Å². The van der Waals surface area contributed by atoms with Gasteiger partial charge < -0.3 is 4.98 Å². The number of halogens is 3. The zero-order chi connectivity index (χ0) is 11.0. The average molecular weight is 213 g/mol. The zero-order valence-corrected chi connectivity index (χ0v) is 7.43. The Balaban J connectivity index is 2.88. The van der Waals surface area contributed by atoms with Crippen molar-refractivity contribution in [2.24, 2.45) is 0 Å². The van der Waals surface area contributed by atoms with Gasteiger partial charge in [0.05, 0.1) is 0 Å². The number of H-pyrrole nitrogens is 1. The van der Waals surface area contributed by atoms with Crippen LogP contribution in [0.4, 0.5) is 13.2 Å². The van der Waals surface area contributed by atoms with Crippen molar-refractivity contribution >= 4 is 10.9 Å². The molecule has 5 heteroatoms. The Kier molecular flexibility index (Phi) is 2.22. The normalized spacial score (nSPS) is 11.2. The molecule has 0 radical (unpaired) electrons. The number of aromatic amines is 1. The molecule has 0 aliphatic carbocycles. The van der Waals surface area contributed by atoms with Crippen molar-refractivity contribution in [1.29, 1.82) is 0 Å². The first-order valence-corrected chi connectivity index (χ1v) is 4.18. The minimum Gasteiger partial charge on any atom is -0.322 e. The van der Waals surface area contributed by atoms with Gasteiger partial charge in [-0.05, 0) is 18.2 Å². The van der Waals surface area contributed by atoms with E-state index >= 15 is 0 Å². The van der Waals surface area contributed by atoms with Crippen LogP contribution in [-0.4, -0.2) is 4.98 Å². The highest BCUT2D eigenvalue weighted by Gasteiger charge is 2.13. The van der Waals surface area contributed by atoms with E-state index in [1.807, 2.05) is 0 Å². The number of hydrogen-bond donors (Lipinski definition) is 1. The lowest BCUT2D eigenvalue weighted by Crippen LogP contribution is -2.06. The van der Waals surface area contributed by atoms with E-state index in [1.165, 1.54) is 6.07 Å². The van der Waals surface area contributed by atoms with E-state index in [4.69, 9.17) is 0 Å². The zero-order valence-electron chi connectivity index (χ0n) is 7.43. The fourth-order valence-corrected chi connectivity index (χ4v) is 1.43. The van der Waals surface area contributed by atoms with Crippen molar-refractivity contribution in [1.82, 2.24) is 4.98 Å². The highest BCUT2D eigenvalue weighted by atomic mass is 19.3. The van der Waals surface area contributed by atoms with Gasteiger partial charge in [0.2, 0.25) is 5.56 Å². The van der Waals surface area contributed by atoms with Crippen LogP contribution in [0.5, 0.6) is 0 Å². The van der Waals surface area contributed by atoms with Gasteiger partial charge in [-0.1, -0.05) is 0 Å². The lowest BCUT2D eigenvalue weighted by molar-refractivity contribution is 0.153. The number of pyridine rings is 1. The largest absolute Gasteiger partial charge is 0.322 e. The SMILES string of the molecule is O=c1cc(C(F)F)c2cc(F)ccc2[nH]1. The maximum Gasteiger partial charge on any atom is 0.264 e. The van der Waals surface area contributed by atoms with Crippen molar-refractivity contribution in [2.75, 3.05) is 0 Å². The van der Waals surface area contributed by atoms with Crippen molar-refractivity contribution in [3.63, 3.8) is 0 Å². The smallest absolute Gasteiger partial charge is 0.264 e. The molecule has 1 heterocycles. The van der Waals surface area contributed by atoms with Crippen LogP contribution in [0.1, 0.15) is 12.0 Å². The number of aromatic nitrogens is 1. The molecule has 0 atom stereocenters. The highest BCUT2D eigenvalue weighted by molar-refractivity contribution is 5.82. The summed E-state index contributed by atoms with van der Waals surface area (Å²) in [6.07, 6.45) is -2.79. The monoisotopic (exact) mass is 213 g/mol. The van der Waals surface area contributed by atoms with Crippen LogP contribution in [0.15, 0.2) is 29.1 Å². The summed E-state index contributed by atoms with van der Waals surface area (Å²) < 4.78 is 37.9. The molecule has 1 aromatic heterocycles. The molecule has 15 heavy (non-hydrogen) atoms. The van der Waals surface area contributed by atoms with Crippen molar-refractivity contribution < 1.29 is 13.2 Å². The lowest BCUT2D eigenvalue weighted by Gasteiger charge is -2.04. The molecule has 0 bridgehead atoms. The molecular weight excluding hydrogens is 207 g/mol. The van der Waals surface area contributed by atoms with Crippen LogP contribution in [-0.2, 0) is 0 Å². The second kappa shape index (κ2) is 3.42. The molecule has 0 aliphatic heterocycles. The number of alkyl halides is 2. The highest BCUT2D eigenvalue weighted by Crippen LogP contribution is 2.25. The summed E-state index contributed by atoms with van der Waals surface area (Å²) in [6, 6.07) is 4.13. The van der Waals surface area contributed by atoms with Crippen LogP contribution in [0.3, 0.4) is 0 Å². The fourth-order valence-electron chi connectivity index (χ4n) is 1.43. The summed E-state index contributed by atoms with van der Waals surface area (Å²) in [5.74, 6) is -0.614. The van der Waals surface area contributed by atoms with Crippen LogP contribution in [0, 0.1) is 5.82 Å². The third kappa shape index (κ3) is 1.72. The second-order valence-corrected chi connectivity index (χ2v) is 3.08. The van der Waals surface area contributed by atoms with Crippen molar-refractivity contribution in [3.05, 3.63) is 46.0 Å². The average Bonchev–Trinajstić information content (AvgIpc) is 2.17. The fraction of sp³-hybridized carbons (Fsp3) is 0.100. The Bertz CT molecular complexity index is 562. The number of nitrogens with one attached hydrogen (secondary N) is 1. The Morgan fingerprint density at radius 2 is 1.93 bits per heavy atom. The summed E-state index contributed by atoms with van der Waals surface area (Å²) in [5, 5.41) is 0.0320. The number of benzene rings is 1. The molecule has 1 aromatic carbocycles. The molecule has 0 fully saturated rings. The maximum atomic E-state index is 12.8. The number of hydrogen-bond acceptors (Lipinski definition) is 1. The van der Waals surface area contributed by atoms with Gasteiger partial charge in [0.1, 0.15) is 5.82 Å². The molecule has 2 aromatic rings. The predicted octanol–water partition coefficient (Wildman–Crippen LogP) is 2.60. The molecule has 0 aliphatic rings. The molecule has 2 nitrogen and oxygen atoms in total. The van der Waals surface area contributed by atoms with E-state index in [0.717, 1.165) is 18.2 Å². The van der Waals surface area contributed by atoms with Gasteiger partial charge in [0.25, 0.3) is 6.43 Å². The van der Waals surface area contributed by atoms with Gasteiger partial charge >= 0.3 is 0 Å². The predicted molar refractivity (Wildman–Crippen MR) is 49.5 cm³/mol. The van der Waals surface area contributed by atoms with Crippen LogP contribution >= 0.6 is 0 Å². The number of fused-ring (bicyclic) bond motifs is 1. The quantitative estimate of drug-likeness (QED) is 0.775. The Morgan fingerprint density at radius 1 is 1.20 bits per heavy atom. The molecular formula is C10H6F3NO. The van der Waals surface area contributed by atoms with E-state index in [0.29, 0.717) is 0 Å². The Labute approximate surface area is 82.4 Å². The molecule has 2 rings (SSSR count). The molecule has 78 valence electrons. The minimum atomic E-state index is -2.79. The summed E-state index contributed by atoms with van der Waals surface area (Å²) in [7, 11) is 0. The summed E-state index contributed by atoms with van der Waals surface area (Å²) >= 11 is 0. The molecule has 0 amide bonds. The van der Waals surface area contributed by atoms with Crippen LogP contribution < -0.4 is 5.56 Å². The van der Waals surface area contributed by atoms with E-state index < -0.39 is 23.4 Å². The molecule has 1 N–H and O–H groups in total. The van der Waals surface area contributed by atoms with Crippen LogP contribution in [0.2, 0.25) is 0 Å². The standard InChI is InChI=1S/C10H6F3NO/c11-5-1-2-8-6(3-5)7(10(12)13)4-9(15)14-8/h1-4,10H,(H,14,15). The molecule has 0 spiro atoms. The third-order valence-electron chi connectivity index (χ3n) is 2.07. The summed E-state index contributed by atoms with van der Waals surface area (Å²) in [5.41, 5.74) is -0.864. The van der Waals surface area contributed by atoms with Gasteiger partial charge in [-0.2, -0.15) is 0 Å². The Morgan fingerprint density at radius 3 is 2.60 bits per heavy atom. The van der Waals surface area contributed by atoms with Gasteiger partial charge in [0, 0.05) is 22.5 Å². The summed E-state index contributed by atoms with van der Waals surface area (Å²) in [4.78, 5) is 13.4. The molecule has 0 saturated heterocycles. The first-order chi connectivity index (χ1) is 7.08. The number of rotatable bonds is 1. The first kappa shape index (κ1) is 9.76. The Hall–Kier alpha value is -1.78. The molecule has 0 saturated carbocycles. The first-order valence-electron chi connectivity index (χ1n) is 4.18. The van der Waals surface area contributed by atoms with Gasteiger partial charge in [-0.25, -0.2) is 13.2 Å². The third-order valence-corrected chi connectivity index (χ3v) is 2.07. The minimum absolute atomic E-state index is 0.0320. The summed E-state index contributed by atoms with van der Waals surface area (Å²) in [6.45, 7) is 0. The van der Waals surface area contributed by atoms with Crippen molar-refractivity contribution in [3.8, 4) is 0 Å². The van der Waals surface area contributed by atoms with Crippen molar-refractivity contribution in [2.45, 2.75) is 6.43 Å². The second-order valence-electron chi connectivity index (χ2n) is 3.08.